The second-order valence-corrected chi connectivity index (χ2v) is 7.11. The van der Waals surface area contributed by atoms with E-state index in [1.807, 2.05) is 0 Å². The number of fused-ring (bicyclic) bond motifs is 1. The zero-order valence-corrected chi connectivity index (χ0v) is 16.6. The normalized spacial score (nSPS) is 17.6. The summed E-state index contributed by atoms with van der Waals surface area (Å²) in [6, 6.07) is 11.5. The van der Waals surface area contributed by atoms with Crippen molar-refractivity contribution in [2.24, 2.45) is 0 Å². The average Bonchev–Trinajstić information content (AvgIpc) is 2.94. The highest BCUT2D eigenvalue weighted by atomic mass is 35.5. The number of halogens is 2. The Bertz CT molecular complexity index is 948. The Kier molecular flexibility index (Phi) is 5.91. The van der Waals surface area contributed by atoms with Crippen molar-refractivity contribution in [2.45, 2.75) is 25.3 Å². The molecule has 2 aromatic carbocycles. The first-order valence-corrected chi connectivity index (χ1v) is 9.47. The van der Waals surface area contributed by atoms with Crippen LogP contribution in [0.15, 0.2) is 42.5 Å². The van der Waals surface area contributed by atoms with Gasteiger partial charge in [-0.05, 0) is 37.6 Å². The number of benzene rings is 2. The smallest absolute Gasteiger partial charge is 0.305 e. The van der Waals surface area contributed by atoms with Crippen LogP contribution >= 0.6 is 23.2 Å². The van der Waals surface area contributed by atoms with E-state index in [1.54, 1.807) is 31.2 Å². The third kappa shape index (κ3) is 3.84. The minimum atomic E-state index is -1.40. The minimum absolute atomic E-state index is 0.0305. The Morgan fingerprint density at radius 1 is 1.14 bits per heavy atom. The molecule has 1 aliphatic heterocycles. The quantitative estimate of drug-likeness (QED) is 0.693. The molecular formula is C20H18Cl2N2O4. The summed E-state index contributed by atoms with van der Waals surface area (Å²) in [6.45, 7) is 1.95. The third-order valence-electron chi connectivity index (χ3n) is 4.54. The summed E-state index contributed by atoms with van der Waals surface area (Å²) in [5.41, 5.74) is 0.0395. The van der Waals surface area contributed by atoms with Crippen LogP contribution in [0.5, 0.6) is 0 Å². The van der Waals surface area contributed by atoms with Gasteiger partial charge in [0.2, 0.25) is 0 Å². The van der Waals surface area contributed by atoms with Crippen LogP contribution in [-0.2, 0) is 19.9 Å². The Morgan fingerprint density at radius 2 is 1.89 bits per heavy atom. The summed E-state index contributed by atoms with van der Waals surface area (Å²) < 4.78 is 4.97. The lowest BCUT2D eigenvalue weighted by Crippen LogP contribution is -2.51. The molecule has 2 aromatic rings. The summed E-state index contributed by atoms with van der Waals surface area (Å²) in [6.07, 6.45) is 0.0268. The molecule has 1 heterocycles. The van der Waals surface area contributed by atoms with Gasteiger partial charge < -0.3 is 15.4 Å². The molecule has 1 atom stereocenters. The van der Waals surface area contributed by atoms with Crippen molar-refractivity contribution in [1.82, 2.24) is 5.32 Å². The molecule has 6 nitrogen and oxygen atoms in total. The second kappa shape index (κ2) is 8.20. The maximum absolute atomic E-state index is 12.9. The van der Waals surface area contributed by atoms with Crippen molar-refractivity contribution in [3.8, 4) is 0 Å². The number of hydrogen-bond acceptors (Lipinski definition) is 4. The highest BCUT2D eigenvalue weighted by Crippen LogP contribution is 2.39. The van der Waals surface area contributed by atoms with Gasteiger partial charge in [0, 0.05) is 23.2 Å². The lowest BCUT2D eigenvalue weighted by Gasteiger charge is -2.28. The first-order chi connectivity index (χ1) is 13.4. The fraction of sp³-hybridized carbons (Fsp3) is 0.250. The van der Waals surface area contributed by atoms with Gasteiger partial charge in [0.25, 0.3) is 11.8 Å². The fourth-order valence-electron chi connectivity index (χ4n) is 3.18. The van der Waals surface area contributed by atoms with Gasteiger partial charge in [-0.2, -0.15) is 0 Å². The number of ether oxygens (including phenoxy) is 1. The molecule has 0 bridgehead atoms. The molecule has 0 spiro atoms. The van der Waals surface area contributed by atoms with E-state index < -0.39 is 23.3 Å². The zero-order valence-electron chi connectivity index (χ0n) is 15.1. The van der Waals surface area contributed by atoms with Gasteiger partial charge in [-0.15, -0.1) is 0 Å². The van der Waals surface area contributed by atoms with E-state index in [0.29, 0.717) is 16.3 Å². The number of carbonyl (C=O) groups excluding carboxylic acids is 3. The number of esters is 1. The van der Waals surface area contributed by atoms with Crippen LogP contribution in [0.2, 0.25) is 10.0 Å². The predicted molar refractivity (Wildman–Crippen MR) is 107 cm³/mol. The van der Waals surface area contributed by atoms with Gasteiger partial charge in [0.15, 0.2) is 0 Å². The zero-order chi connectivity index (χ0) is 20.3. The van der Waals surface area contributed by atoms with Crippen molar-refractivity contribution >= 4 is 46.7 Å². The molecule has 0 fully saturated rings. The van der Waals surface area contributed by atoms with Crippen molar-refractivity contribution in [1.29, 1.82) is 0 Å². The van der Waals surface area contributed by atoms with Crippen LogP contribution in [0.1, 0.15) is 35.7 Å². The van der Waals surface area contributed by atoms with Crippen LogP contribution in [-0.4, -0.2) is 24.4 Å². The van der Waals surface area contributed by atoms with E-state index in [-0.39, 0.29) is 30.0 Å². The Hall–Kier alpha value is -2.57. The number of para-hydroxylation sites is 1. The van der Waals surface area contributed by atoms with Crippen LogP contribution in [0.4, 0.5) is 5.69 Å². The van der Waals surface area contributed by atoms with Crippen LogP contribution in [0.3, 0.4) is 0 Å². The Morgan fingerprint density at radius 3 is 2.61 bits per heavy atom. The first-order valence-electron chi connectivity index (χ1n) is 8.71. The number of nitrogens with one attached hydrogen (secondary N) is 2. The van der Waals surface area contributed by atoms with E-state index >= 15 is 0 Å². The van der Waals surface area contributed by atoms with Crippen molar-refractivity contribution in [3.63, 3.8) is 0 Å². The SMILES string of the molecule is CCOC(=O)CCC1(NC(=O)c2ccc(Cl)c(Cl)c2)C(=O)Nc2ccccc21. The summed E-state index contributed by atoms with van der Waals surface area (Å²) in [5, 5.41) is 6.11. The lowest BCUT2D eigenvalue weighted by molar-refractivity contribution is -0.143. The van der Waals surface area contributed by atoms with Gasteiger partial charge >= 0.3 is 5.97 Å². The van der Waals surface area contributed by atoms with Gasteiger partial charge in [0.05, 0.1) is 16.7 Å². The maximum Gasteiger partial charge on any atom is 0.305 e. The number of amides is 2. The Balaban J connectivity index is 1.95. The number of hydrogen-bond donors (Lipinski definition) is 2. The molecule has 1 unspecified atom stereocenters. The summed E-state index contributed by atoms with van der Waals surface area (Å²) >= 11 is 11.9. The molecule has 0 aromatic heterocycles. The van der Waals surface area contributed by atoms with Crippen molar-refractivity contribution < 1.29 is 19.1 Å². The van der Waals surface area contributed by atoms with E-state index in [9.17, 15) is 14.4 Å². The molecule has 0 saturated heterocycles. The molecule has 146 valence electrons. The average molecular weight is 421 g/mol. The van der Waals surface area contributed by atoms with Gasteiger partial charge in [0.1, 0.15) is 5.54 Å². The molecular weight excluding hydrogens is 403 g/mol. The monoisotopic (exact) mass is 420 g/mol. The minimum Gasteiger partial charge on any atom is -0.466 e. The molecule has 3 rings (SSSR count). The first kappa shape index (κ1) is 20.2. The number of anilines is 1. The van der Waals surface area contributed by atoms with Gasteiger partial charge in [-0.25, -0.2) is 0 Å². The fourth-order valence-corrected chi connectivity index (χ4v) is 3.47. The molecule has 0 aliphatic carbocycles. The standard InChI is InChI=1S/C20H18Cl2N2O4/c1-2-28-17(25)9-10-20(13-5-3-4-6-16(13)23-19(20)27)24-18(26)12-7-8-14(21)15(22)11-12/h3-8,11H,2,9-10H2,1H3,(H,23,27)(H,24,26). The highest BCUT2D eigenvalue weighted by molar-refractivity contribution is 6.42. The second-order valence-electron chi connectivity index (χ2n) is 6.29. The largest absolute Gasteiger partial charge is 0.466 e. The highest BCUT2D eigenvalue weighted by Gasteiger charge is 2.48. The third-order valence-corrected chi connectivity index (χ3v) is 5.28. The van der Waals surface area contributed by atoms with Gasteiger partial charge in [-0.3, -0.25) is 14.4 Å². The van der Waals surface area contributed by atoms with Crippen molar-refractivity contribution in [2.75, 3.05) is 11.9 Å². The number of rotatable bonds is 6. The molecule has 1 aliphatic rings. The molecule has 0 radical (unpaired) electrons. The van der Waals surface area contributed by atoms with Crippen LogP contribution in [0.25, 0.3) is 0 Å². The summed E-state index contributed by atoms with van der Waals surface area (Å²) in [7, 11) is 0. The summed E-state index contributed by atoms with van der Waals surface area (Å²) in [5.74, 6) is -1.36. The molecule has 2 amide bonds. The Labute approximate surface area is 172 Å². The van der Waals surface area contributed by atoms with E-state index in [1.165, 1.54) is 18.2 Å². The number of carbonyl (C=O) groups is 3. The van der Waals surface area contributed by atoms with Crippen LogP contribution in [0, 0.1) is 0 Å². The predicted octanol–water partition coefficient (Wildman–Crippen LogP) is 3.91. The van der Waals surface area contributed by atoms with E-state index in [0.717, 1.165) is 0 Å². The summed E-state index contributed by atoms with van der Waals surface area (Å²) in [4.78, 5) is 37.7. The van der Waals surface area contributed by atoms with Crippen LogP contribution < -0.4 is 10.6 Å². The molecule has 8 heteroatoms. The molecule has 28 heavy (non-hydrogen) atoms. The lowest BCUT2D eigenvalue weighted by atomic mass is 9.86. The van der Waals surface area contributed by atoms with Crippen molar-refractivity contribution in [3.05, 3.63) is 63.6 Å². The molecule has 0 saturated carbocycles. The molecule has 2 N–H and O–H groups in total. The van der Waals surface area contributed by atoms with E-state index in [2.05, 4.69) is 10.6 Å². The van der Waals surface area contributed by atoms with E-state index in [4.69, 9.17) is 27.9 Å². The maximum atomic E-state index is 12.9. The van der Waals surface area contributed by atoms with Gasteiger partial charge in [-0.1, -0.05) is 41.4 Å². The topological polar surface area (TPSA) is 84.5 Å².